The zero-order chi connectivity index (χ0) is 15.2. The second-order valence-electron chi connectivity index (χ2n) is 6.02. The first-order valence-electron chi connectivity index (χ1n) is 8.20. The lowest BCUT2D eigenvalue weighted by atomic mass is 10.2. The van der Waals surface area contributed by atoms with E-state index in [-0.39, 0.29) is 6.03 Å². The van der Waals surface area contributed by atoms with Crippen LogP contribution in [-0.4, -0.2) is 59.6 Å². The van der Waals surface area contributed by atoms with Gasteiger partial charge in [-0.2, -0.15) is 11.8 Å². The quantitative estimate of drug-likeness (QED) is 0.916. The fraction of sp³-hybridized carbons (Fsp3) is 0.688. The standard InChI is InChI=1S/C16H25N3OS2/c20-16(17-11-15-5-3-10-22-15)19-8-4-9-21-13-14(19)12-18-6-1-2-7-18/h3,5,10,14H,1-2,4,6-9,11-13H2,(H,17,20)/t14-/m1/s1. The summed E-state index contributed by atoms with van der Waals surface area (Å²) in [6.45, 7) is 4.98. The molecule has 1 N–H and O–H groups in total. The first-order valence-corrected chi connectivity index (χ1v) is 10.2. The molecule has 0 aromatic carbocycles. The van der Waals surface area contributed by atoms with Crippen molar-refractivity contribution in [3.63, 3.8) is 0 Å². The Labute approximate surface area is 141 Å². The number of carbonyl (C=O) groups excluding carboxylic acids is 1. The van der Waals surface area contributed by atoms with E-state index in [4.69, 9.17) is 0 Å². The number of carbonyl (C=O) groups is 1. The van der Waals surface area contributed by atoms with E-state index in [2.05, 4.69) is 26.6 Å². The van der Waals surface area contributed by atoms with Crippen molar-refractivity contribution in [3.05, 3.63) is 22.4 Å². The fourth-order valence-electron chi connectivity index (χ4n) is 3.19. The van der Waals surface area contributed by atoms with Gasteiger partial charge in [0.05, 0.1) is 12.6 Å². The highest BCUT2D eigenvalue weighted by Crippen LogP contribution is 2.19. The maximum atomic E-state index is 12.6. The maximum absolute atomic E-state index is 12.6. The van der Waals surface area contributed by atoms with Gasteiger partial charge in [-0.05, 0) is 49.6 Å². The molecular weight excluding hydrogens is 314 g/mol. The smallest absolute Gasteiger partial charge is 0.318 e. The molecule has 3 rings (SSSR count). The maximum Gasteiger partial charge on any atom is 0.318 e. The van der Waals surface area contributed by atoms with Crippen molar-refractivity contribution in [2.24, 2.45) is 0 Å². The SMILES string of the molecule is O=C(NCc1cccs1)N1CCCSC[C@H]1CN1CCCC1. The number of likely N-dealkylation sites (tertiary alicyclic amines) is 1. The number of nitrogens with zero attached hydrogens (tertiary/aromatic N) is 2. The number of thioether (sulfide) groups is 1. The van der Waals surface area contributed by atoms with Crippen LogP contribution in [-0.2, 0) is 6.54 Å². The average molecular weight is 340 g/mol. The molecule has 0 bridgehead atoms. The Morgan fingerprint density at radius 2 is 2.14 bits per heavy atom. The Balaban J connectivity index is 1.57. The molecule has 0 aliphatic carbocycles. The Morgan fingerprint density at radius 1 is 1.27 bits per heavy atom. The van der Waals surface area contributed by atoms with Crippen molar-refractivity contribution in [2.75, 3.05) is 37.7 Å². The number of rotatable bonds is 4. The van der Waals surface area contributed by atoms with E-state index >= 15 is 0 Å². The van der Waals surface area contributed by atoms with Gasteiger partial charge in [0, 0.05) is 23.7 Å². The van der Waals surface area contributed by atoms with Gasteiger partial charge in [0.2, 0.25) is 0 Å². The largest absolute Gasteiger partial charge is 0.333 e. The van der Waals surface area contributed by atoms with E-state index in [0.29, 0.717) is 12.6 Å². The molecule has 4 nitrogen and oxygen atoms in total. The van der Waals surface area contributed by atoms with Gasteiger partial charge in [-0.15, -0.1) is 11.3 Å². The highest BCUT2D eigenvalue weighted by molar-refractivity contribution is 7.99. The molecule has 0 spiro atoms. The van der Waals surface area contributed by atoms with Gasteiger partial charge in [0.25, 0.3) is 0 Å². The summed E-state index contributed by atoms with van der Waals surface area (Å²) in [4.78, 5) is 18.5. The van der Waals surface area contributed by atoms with Crippen LogP contribution < -0.4 is 5.32 Å². The molecule has 2 amide bonds. The molecule has 122 valence electrons. The summed E-state index contributed by atoms with van der Waals surface area (Å²) in [5, 5.41) is 5.16. The van der Waals surface area contributed by atoms with Crippen molar-refractivity contribution in [3.8, 4) is 0 Å². The van der Waals surface area contributed by atoms with Crippen molar-refractivity contribution < 1.29 is 4.79 Å². The van der Waals surface area contributed by atoms with Gasteiger partial charge >= 0.3 is 6.03 Å². The third kappa shape index (κ3) is 4.40. The molecule has 0 saturated carbocycles. The van der Waals surface area contributed by atoms with Crippen molar-refractivity contribution >= 4 is 29.1 Å². The summed E-state index contributed by atoms with van der Waals surface area (Å²) in [5.74, 6) is 2.24. The van der Waals surface area contributed by atoms with Crippen LogP contribution in [0.1, 0.15) is 24.1 Å². The fourth-order valence-corrected chi connectivity index (χ4v) is 4.89. The Hall–Kier alpha value is -0.720. The molecule has 3 heterocycles. The second-order valence-corrected chi connectivity index (χ2v) is 8.20. The number of hydrogen-bond acceptors (Lipinski definition) is 4. The summed E-state index contributed by atoms with van der Waals surface area (Å²) in [5.41, 5.74) is 0. The van der Waals surface area contributed by atoms with Gasteiger partial charge in [0.1, 0.15) is 0 Å². The molecule has 2 saturated heterocycles. The predicted molar refractivity (Wildman–Crippen MR) is 94.7 cm³/mol. The molecule has 22 heavy (non-hydrogen) atoms. The summed E-state index contributed by atoms with van der Waals surface area (Å²) >= 11 is 3.69. The van der Waals surface area contributed by atoms with E-state index < -0.39 is 0 Å². The summed E-state index contributed by atoms with van der Waals surface area (Å²) < 4.78 is 0. The number of hydrogen-bond donors (Lipinski definition) is 1. The van der Waals surface area contributed by atoms with Gasteiger partial charge in [-0.1, -0.05) is 6.07 Å². The predicted octanol–water partition coefficient (Wildman–Crippen LogP) is 2.86. The molecule has 1 aromatic heterocycles. The van der Waals surface area contributed by atoms with Gasteiger partial charge in [-0.25, -0.2) is 4.79 Å². The van der Waals surface area contributed by atoms with E-state index in [9.17, 15) is 4.79 Å². The summed E-state index contributed by atoms with van der Waals surface area (Å²) in [6.07, 6.45) is 3.72. The van der Waals surface area contributed by atoms with Crippen LogP contribution in [0.2, 0.25) is 0 Å². The molecule has 0 unspecified atom stereocenters. The molecule has 1 aromatic rings. The number of urea groups is 1. The lowest BCUT2D eigenvalue weighted by Crippen LogP contribution is -2.51. The highest BCUT2D eigenvalue weighted by Gasteiger charge is 2.28. The van der Waals surface area contributed by atoms with Crippen molar-refractivity contribution in [1.29, 1.82) is 0 Å². The first kappa shape index (κ1) is 16.1. The minimum atomic E-state index is 0.111. The minimum Gasteiger partial charge on any atom is -0.333 e. The van der Waals surface area contributed by atoms with E-state index in [1.807, 2.05) is 17.8 Å². The average Bonchev–Trinajstić information content (AvgIpc) is 3.16. The monoisotopic (exact) mass is 339 g/mol. The Bertz CT molecular complexity index is 460. The molecule has 6 heteroatoms. The molecule has 0 radical (unpaired) electrons. The minimum absolute atomic E-state index is 0.111. The Morgan fingerprint density at radius 3 is 2.91 bits per heavy atom. The normalized spacial score (nSPS) is 23.5. The zero-order valence-electron chi connectivity index (χ0n) is 13.0. The van der Waals surface area contributed by atoms with Crippen LogP contribution in [0.15, 0.2) is 17.5 Å². The zero-order valence-corrected chi connectivity index (χ0v) is 14.6. The van der Waals surface area contributed by atoms with Crippen LogP contribution in [0.5, 0.6) is 0 Å². The molecular formula is C16H25N3OS2. The summed E-state index contributed by atoms with van der Waals surface area (Å²) in [7, 11) is 0. The molecule has 2 aliphatic rings. The topological polar surface area (TPSA) is 35.6 Å². The van der Waals surface area contributed by atoms with Crippen molar-refractivity contribution in [1.82, 2.24) is 15.1 Å². The lowest BCUT2D eigenvalue weighted by Gasteiger charge is -2.32. The third-order valence-electron chi connectivity index (χ3n) is 4.36. The van der Waals surface area contributed by atoms with Gasteiger partial charge < -0.3 is 15.1 Å². The summed E-state index contributed by atoms with van der Waals surface area (Å²) in [6, 6.07) is 4.57. The van der Waals surface area contributed by atoms with Crippen molar-refractivity contribution in [2.45, 2.75) is 31.8 Å². The van der Waals surface area contributed by atoms with E-state index in [1.54, 1.807) is 11.3 Å². The molecule has 2 fully saturated rings. The van der Waals surface area contributed by atoms with Crippen LogP contribution in [0, 0.1) is 0 Å². The third-order valence-corrected chi connectivity index (χ3v) is 6.44. The van der Waals surface area contributed by atoms with Gasteiger partial charge in [0.15, 0.2) is 0 Å². The highest BCUT2D eigenvalue weighted by atomic mass is 32.2. The van der Waals surface area contributed by atoms with E-state index in [1.165, 1.54) is 36.6 Å². The Kier molecular flexibility index (Phi) is 6.04. The number of nitrogens with one attached hydrogen (secondary N) is 1. The van der Waals surface area contributed by atoms with Crippen LogP contribution in [0.4, 0.5) is 4.79 Å². The molecule has 1 atom stereocenters. The van der Waals surface area contributed by atoms with Gasteiger partial charge in [-0.3, -0.25) is 0 Å². The van der Waals surface area contributed by atoms with Crippen LogP contribution >= 0.6 is 23.1 Å². The first-order chi connectivity index (χ1) is 10.8. The van der Waals surface area contributed by atoms with Crippen LogP contribution in [0.3, 0.4) is 0 Å². The molecule has 2 aliphatic heterocycles. The number of amides is 2. The lowest BCUT2D eigenvalue weighted by molar-refractivity contribution is 0.162. The number of thiophene rings is 1. The second kappa shape index (κ2) is 8.22. The van der Waals surface area contributed by atoms with Crippen LogP contribution in [0.25, 0.3) is 0 Å². The van der Waals surface area contributed by atoms with E-state index in [0.717, 1.165) is 25.3 Å².